The predicted octanol–water partition coefficient (Wildman–Crippen LogP) is 3.26. The molecule has 1 aromatic rings. The quantitative estimate of drug-likeness (QED) is 0.428. The number of imide groups is 1. The van der Waals surface area contributed by atoms with Crippen molar-refractivity contribution in [3.05, 3.63) is 39.9 Å². The van der Waals surface area contributed by atoms with E-state index in [0.29, 0.717) is 4.90 Å². The van der Waals surface area contributed by atoms with Crippen LogP contribution in [0.1, 0.15) is 39.3 Å². The number of hydrogen-bond donors (Lipinski definition) is 0. The number of rotatable bonds is 5. The highest BCUT2D eigenvalue weighted by Gasteiger charge is 2.47. The SMILES string of the molecule is CCOC(=O)C1C(C)=NC(=O)N(C(=O)OC(C)C)C1c1cccc([N+](=O)[O-])c1. The van der Waals surface area contributed by atoms with Crippen LogP contribution in [-0.2, 0) is 14.3 Å². The monoisotopic (exact) mass is 391 g/mol. The molecule has 0 radical (unpaired) electrons. The summed E-state index contributed by atoms with van der Waals surface area (Å²) < 4.78 is 10.2. The third-order valence-electron chi connectivity index (χ3n) is 4.02. The number of carbonyl (C=O) groups is 3. The highest BCUT2D eigenvalue weighted by Crippen LogP contribution is 2.36. The van der Waals surface area contributed by atoms with E-state index in [2.05, 4.69) is 4.99 Å². The summed E-state index contributed by atoms with van der Waals surface area (Å²) in [5.74, 6) is -1.81. The molecule has 1 aliphatic rings. The number of non-ortho nitro benzene ring substituents is 1. The second-order valence-corrected chi connectivity index (χ2v) is 6.36. The van der Waals surface area contributed by atoms with Gasteiger partial charge in [0.05, 0.1) is 23.7 Å². The third kappa shape index (κ3) is 4.33. The molecule has 1 heterocycles. The van der Waals surface area contributed by atoms with Crippen molar-refractivity contribution in [2.24, 2.45) is 10.9 Å². The van der Waals surface area contributed by atoms with Crippen LogP contribution in [-0.4, -0.2) is 46.3 Å². The zero-order valence-corrected chi connectivity index (χ0v) is 15.9. The molecule has 150 valence electrons. The fourth-order valence-corrected chi connectivity index (χ4v) is 2.92. The number of hydrogen-bond acceptors (Lipinski definition) is 7. The predicted molar refractivity (Wildman–Crippen MR) is 97.9 cm³/mol. The molecule has 0 saturated carbocycles. The van der Waals surface area contributed by atoms with Gasteiger partial charge in [0.25, 0.3) is 5.69 Å². The Morgan fingerprint density at radius 3 is 2.61 bits per heavy atom. The van der Waals surface area contributed by atoms with Gasteiger partial charge < -0.3 is 9.47 Å². The Bertz CT molecular complexity index is 834. The van der Waals surface area contributed by atoms with E-state index in [-0.39, 0.29) is 23.6 Å². The normalized spacial score (nSPS) is 19.2. The Morgan fingerprint density at radius 2 is 2.04 bits per heavy atom. The van der Waals surface area contributed by atoms with Crippen LogP contribution in [0.25, 0.3) is 0 Å². The van der Waals surface area contributed by atoms with Crippen LogP contribution in [0.3, 0.4) is 0 Å². The maximum absolute atomic E-state index is 12.6. The van der Waals surface area contributed by atoms with Crippen molar-refractivity contribution in [1.82, 2.24) is 4.90 Å². The molecule has 1 aromatic carbocycles. The first-order chi connectivity index (χ1) is 13.2. The second-order valence-electron chi connectivity index (χ2n) is 6.36. The van der Waals surface area contributed by atoms with Gasteiger partial charge in [-0.1, -0.05) is 12.1 Å². The van der Waals surface area contributed by atoms with E-state index < -0.39 is 41.1 Å². The van der Waals surface area contributed by atoms with E-state index in [9.17, 15) is 24.5 Å². The van der Waals surface area contributed by atoms with Gasteiger partial charge in [0, 0.05) is 17.8 Å². The number of ether oxygens (including phenoxy) is 2. The minimum atomic E-state index is -1.19. The maximum atomic E-state index is 12.6. The smallest absolute Gasteiger partial charge is 0.418 e. The van der Waals surface area contributed by atoms with E-state index in [1.54, 1.807) is 20.8 Å². The number of nitrogens with zero attached hydrogens (tertiary/aromatic N) is 3. The highest BCUT2D eigenvalue weighted by atomic mass is 16.6. The second kappa shape index (κ2) is 8.59. The van der Waals surface area contributed by atoms with Gasteiger partial charge in [0.2, 0.25) is 0 Å². The van der Waals surface area contributed by atoms with Crippen LogP contribution in [0.5, 0.6) is 0 Å². The zero-order chi connectivity index (χ0) is 21.0. The van der Waals surface area contributed by atoms with Gasteiger partial charge in [-0.25, -0.2) is 19.5 Å². The minimum Gasteiger partial charge on any atom is -0.465 e. The number of carbonyl (C=O) groups excluding carboxylic acids is 3. The van der Waals surface area contributed by atoms with Crippen molar-refractivity contribution in [3.8, 4) is 0 Å². The summed E-state index contributed by atoms with van der Waals surface area (Å²) >= 11 is 0. The van der Waals surface area contributed by atoms with Crippen LogP contribution < -0.4 is 0 Å². The Balaban J connectivity index is 2.63. The molecule has 0 fully saturated rings. The van der Waals surface area contributed by atoms with E-state index in [4.69, 9.17) is 9.47 Å². The first-order valence-corrected chi connectivity index (χ1v) is 8.67. The molecular formula is C18H21N3O7. The van der Waals surface area contributed by atoms with Crippen molar-refractivity contribution >= 4 is 29.5 Å². The lowest BCUT2D eigenvalue weighted by Crippen LogP contribution is -2.50. The van der Waals surface area contributed by atoms with Crippen molar-refractivity contribution in [1.29, 1.82) is 0 Å². The molecule has 2 atom stereocenters. The molecule has 0 saturated heterocycles. The number of esters is 1. The van der Waals surface area contributed by atoms with Gasteiger partial charge in [-0.05, 0) is 33.3 Å². The number of aliphatic imine (C=N–C) groups is 1. The van der Waals surface area contributed by atoms with Crippen LogP contribution >= 0.6 is 0 Å². The molecule has 0 aromatic heterocycles. The van der Waals surface area contributed by atoms with Crippen LogP contribution in [0.2, 0.25) is 0 Å². The molecule has 10 nitrogen and oxygen atoms in total. The Morgan fingerprint density at radius 1 is 1.36 bits per heavy atom. The number of nitro groups is 1. The van der Waals surface area contributed by atoms with Crippen molar-refractivity contribution < 1.29 is 28.8 Å². The molecular weight excluding hydrogens is 370 g/mol. The summed E-state index contributed by atoms with van der Waals surface area (Å²) in [5, 5.41) is 11.2. The number of nitro benzene ring substituents is 1. The minimum absolute atomic E-state index is 0.0780. The first-order valence-electron chi connectivity index (χ1n) is 8.67. The van der Waals surface area contributed by atoms with Crippen molar-refractivity contribution in [2.75, 3.05) is 6.61 Å². The Labute approximate surface area is 161 Å². The molecule has 28 heavy (non-hydrogen) atoms. The average molecular weight is 391 g/mol. The lowest BCUT2D eigenvalue weighted by molar-refractivity contribution is -0.385. The van der Waals surface area contributed by atoms with Crippen molar-refractivity contribution in [3.63, 3.8) is 0 Å². The topological polar surface area (TPSA) is 128 Å². The molecule has 10 heteroatoms. The van der Waals surface area contributed by atoms with E-state index in [1.165, 1.54) is 31.2 Å². The van der Waals surface area contributed by atoms with E-state index in [1.807, 2.05) is 0 Å². The summed E-state index contributed by atoms with van der Waals surface area (Å²) in [7, 11) is 0. The summed E-state index contributed by atoms with van der Waals surface area (Å²) in [6.45, 7) is 6.37. The number of benzene rings is 1. The van der Waals surface area contributed by atoms with Gasteiger partial charge >= 0.3 is 18.1 Å². The summed E-state index contributed by atoms with van der Waals surface area (Å²) in [4.78, 5) is 52.7. The Hall–Kier alpha value is -3.30. The standard InChI is InChI=1S/C18H21N3O7/c1-5-27-16(22)14-11(4)19-17(23)20(18(24)28-10(2)3)15(14)12-7-6-8-13(9-12)21(25)26/h6-10,14-15H,5H2,1-4H3. The third-order valence-corrected chi connectivity index (χ3v) is 4.02. The molecule has 2 rings (SSSR count). The fraction of sp³-hybridized carbons (Fsp3) is 0.444. The molecule has 2 unspecified atom stereocenters. The average Bonchev–Trinajstić information content (AvgIpc) is 2.60. The number of amides is 3. The largest absolute Gasteiger partial charge is 0.465 e. The van der Waals surface area contributed by atoms with Crippen molar-refractivity contribution in [2.45, 2.75) is 39.8 Å². The molecule has 0 spiro atoms. The lowest BCUT2D eigenvalue weighted by Gasteiger charge is -2.36. The summed E-state index contributed by atoms with van der Waals surface area (Å²) in [6, 6.07) is 3.28. The molecule has 0 bridgehead atoms. The fourth-order valence-electron chi connectivity index (χ4n) is 2.92. The molecule has 0 aliphatic carbocycles. The Kier molecular flexibility index (Phi) is 6.45. The molecule has 1 aliphatic heterocycles. The van der Waals surface area contributed by atoms with E-state index >= 15 is 0 Å². The van der Waals surface area contributed by atoms with Crippen LogP contribution in [0.15, 0.2) is 29.3 Å². The first kappa shape index (κ1) is 21.0. The van der Waals surface area contributed by atoms with Gasteiger partial charge in [-0.2, -0.15) is 0 Å². The highest BCUT2D eigenvalue weighted by molar-refractivity contribution is 6.11. The lowest BCUT2D eigenvalue weighted by atomic mass is 9.87. The van der Waals surface area contributed by atoms with Gasteiger partial charge in [0.1, 0.15) is 5.92 Å². The van der Waals surface area contributed by atoms with Gasteiger partial charge in [-0.3, -0.25) is 14.9 Å². The molecule has 0 N–H and O–H groups in total. The van der Waals surface area contributed by atoms with Crippen LogP contribution in [0.4, 0.5) is 15.3 Å². The van der Waals surface area contributed by atoms with Gasteiger partial charge in [0.15, 0.2) is 0 Å². The molecule has 3 amide bonds. The van der Waals surface area contributed by atoms with Gasteiger partial charge in [-0.15, -0.1) is 0 Å². The zero-order valence-electron chi connectivity index (χ0n) is 15.9. The maximum Gasteiger partial charge on any atom is 0.418 e. The number of urea groups is 1. The summed E-state index contributed by atoms with van der Waals surface area (Å²) in [5.41, 5.74) is 0.119. The van der Waals surface area contributed by atoms with E-state index in [0.717, 1.165) is 0 Å². The summed E-state index contributed by atoms with van der Waals surface area (Å²) in [6.07, 6.45) is -1.53. The van der Waals surface area contributed by atoms with Crippen LogP contribution in [0, 0.1) is 16.0 Å².